The summed E-state index contributed by atoms with van der Waals surface area (Å²) in [6, 6.07) is 11.3. The van der Waals surface area contributed by atoms with Crippen molar-refractivity contribution in [2.24, 2.45) is 11.8 Å². The molecule has 9 nitrogen and oxygen atoms in total. The second kappa shape index (κ2) is 11.9. The molecule has 3 aliphatic heterocycles. The van der Waals surface area contributed by atoms with Crippen LogP contribution in [0.25, 0.3) is 0 Å². The number of amides is 1. The van der Waals surface area contributed by atoms with E-state index in [1.54, 1.807) is 30.4 Å². The molecule has 3 heterocycles. The van der Waals surface area contributed by atoms with Crippen LogP contribution in [0.3, 0.4) is 0 Å². The van der Waals surface area contributed by atoms with Crippen molar-refractivity contribution in [3.63, 3.8) is 0 Å². The van der Waals surface area contributed by atoms with E-state index >= 15 is 0 Å². The van der Waals surface area contributed by atoms with Crippen LogP contribution < -0.4 is 14.4 Å². The topological polar surface area (TPSA) is 108 Å². The Labute approximate surface area is 264 Å². The van der Waals surface area contributed by atoms with Gasteiger partial charge in [0.2, 0.25) is 0 Å². The highest BCUT2D eigenvalue weighted by Crippen LogP contribution is 2.46. The number of carbonyl (C=O) groups excluding carboxylic acids is 1. The van der Waals surface area contributed by atoms with Crippen molar-refractivity contribution in [3.8, 4) is 5.75 Å². The fourth-order valence-corrected chi connectivity index (χ4v) is 9.12. The van der Waals surface area contributed by atoms with Crippen LogP contribution in [0.5, 0.6) is 5.75 Å². The first-order valence-electron chi connectivity index (χ1n) is 15.8. The molecule has 2 aromatic carbocycles. The van der Waals surface area contributed by atoms with Crippen LogP contribution in [0.4, 0.5) is 5.69 Å². The Balaban J connectivity index is 1.26. The molecule has 1 saturated heterocycles. The maximum absolute atomic E-state index is 13.5. The number of aryl methyl sites for hydroxylation is 1. The van der Waals surface area contributed by atoms with Crippen molar-refractivity contribution in [1.82, 2.24) is 9.03 Å². The molecule has 0 aromatic heterocycles. The van der Waals surface area contributed by atoms with Gasteiger partial charge in [-0.15, -0.1) is 0 Å². The number of aliphatic hydroxyl groups is 1. The Hall–Kier alpha value is -2.63. The minimum absolute atomic E-state index is 0.0347. The number of halogens is 1. The zero-order chi connectivity index (χ0) is 30.5. The lowest BCUT2D eigenvalue weighted by Gasteiger charge is -2.45. The second-order valence-electron chi connectivity index (χ2n) is 13.1. The molecule has 0 unspecified atom stereocenters. The summed E-state index contributed by atoms with van der Waals surface area (Å²) >= 11 is 6.39. The number of rotatable bonds is 2. The van der Waals surface area contributed by atoms with Crippen LogP contribution >= 0.6 is 11.6 Å². The number of aliphatic hydroxyl groups excluding tert-OH is 1. The van der Waals surface area contributed by atoms with Crippen LogP contribution in [0.1, 0.15) is 60.0 Å². The summed E-state index contributed by atoms with van der Waals surface area (Å²) in [5.74, 6) is 0.272. The Bertz CT molecular complexity index is 1560. The van der Waals surface area contributed by atoms with Gasteiger partial charge in [-0.25, -0.2) is 4.72 Å². The molecule has 1 saturated carbocycles. The first kappa shape index (κ1) is 30.0. The standard InChI is InChI=1S/C33H40ClN3O6S/c34-25-9-11-28-22(16-25)4-1-13-33(28)20-36-18-24-7-10-27(24)30(38)6-2-14-37(19-26-5-3-15-42-26)44(40,41)35-32(39)23-8-12-31(43-21-33)29(36)17-23/h2,6,8-9,11-12,16-17,24,26-27,30,38H,1,3-5,7,10,13-15,18-21H2,(H,35,39)/b6-2-/t24-,26+,27+,30-,33-/m0/s1. The predicted molar refractivity (Wildman–Crippen MR) is 169 cm³/mol. The van der Waals surface area contributed by atoms with Gasteiger partial charge in [-0.2, -0.15) is 12.7 Å². The Morgan fingerprint density at radius 3 is 2.80 bits per heavy atom. The summed E-state index contributed by atoms with van der Waals surface area (Å²) in [6.07, 6.45) is 8.96. The van der Waals surface area contributed by atoms with Gasteiger partial charge in [0.1, 0.15) is 5.75 Å². The Morgan fingerprint density at radius 1 is 1.11 bits per heavy atom. The number of hydrogen-bond acceptors (Lipinski definition) is 7. The monoisotopic (exact) mass is 641 g/mol. The van der Waals surface area contributed by atoms with Crippen LogP contribution in [-0.2, 0) is 26.8 Å². The van der Waals surface area contributed by atoms with Gasteiger partial charge < -0.3 is 19.5 Å². The average molecular weight is 642 g/mol. The van der Waals surface area contributed by atoms with E-state index in [4.69, 9.17) is 21.1 Å². The zero-order valence-corrected chi connectivity index (χ0v) is 26.4. The molecule has 2 aromatic rings. The first-order valence-corrected chi connectivity index (χ1v) is 17.6. The summed E-state index contributed by atoms with van der Waals surface area (Å²) in [5, 5.41) is 12.0. The number of hydrogen-bond donors (Lipinski definition) is 2. The average Bonchev–Trinajstić information content (AvgIpc) is 3.44. The fourth-order valence-electron chi connectivity index (χ4n) is 7.80. The van der Waals surface area contributed by atoms with Crippen molar-refractivity contribution in [2.75, 3.05) is 44.3 Å². The molecule has 1 spiro atoms. The SMILES string of the molecule is O=C1NS(=O)(=O)N(C[C@H]2CCCO2)C/C=C\[C@H](O)[C@@H]2CC[C@H]2CN2C[C@@]3(CCCc4cc(Cl)ccc43)COc3ccc1cc32. The number of ether oxygens (including phenoxy) is 2. The van der Waals surface area contributed by atoms with E-state index in [0.717, 1.165) is 55.7 Å². The van der Waals surface area contributed by atoms with Gasteiger partial charge in [-0.1, -0.05) is 29.8 Å². The molecule has 0 radical (unpaired) electrons. The fraction of sp³-hybridized carbons (Fsp3) is 0.545. The van der Waals surface area contributed by atoms with E-state index in [2.05, 4.69) is 21.8 Å². The minimum Gasteiger partial charge on any atom is -0.490 e. The van der Waals surface area contributed by atoms with Crippen LogP contribution in [0, 0.1) is 11.8 Å². The van der Waals surface area contributed by atoms with Gasteiger partial charge in [-0.05, 0) is 98.2 Å². The number of anilines is 1. The molecule has 2 fully saturated rings. The Morgan fingerprint density at radius 2 is 2.00 bits per heavy atom. The van der Waals surface area contributed by atoms with Crippen LogP contribution in [-0.4, -0.2) is 75.3 Å². The normalized spacial score (nSPS) is 32.6. The van der Waals surface area contributed by atoms with Crippen LogP contribution in [0.15, 0.2) is 48.6 Å². The molecule has 2 bridgehead atoms. The number of nitrogens with one attached hydrogen (secondary N) is 1. The van der Waals surface area contributed by atoms with Gasteiger partial charge in [0.05, 0.1) is 24.5 Å². The molecular weight excluding hydrogens is 602 g/mol. The third kappa shape index (κ3) is 5.75. The highest BCUT2D eigenvalue weighted by Gasteiger charge is 2.44. The predicted octanol–water partition coefficient (Wildman–Crippen LogP) is 4.23. The third-order valence-electron chi connectivity index (χ3n) is 10.3. The molecule has 5 aliphatic rings. The van der Waals surface area contributed by atoms with Crippen molar-refractivity contribution in [3.05, 3.63) is 70.3 Å². The minimum atomic E-state index is -4.19. The van der Waals surface area contributed by atoms with Crippen molar-refractivity contribution in [2.45, 2.75) is 62.6 Å². The second-order valence-corrected chi connectivity index (χ2v) is 15.2. The van der Waals surface area contributed by atoms with E-state index < -0.39 is 22.2 Å². The molecule has 7 rings (SSSR count). The maximum atomic E-state index is 13.5. The van der Waals surface area contributed by atoms with Gasteiger partial charge >= 0.3 is 10.2 Å². The summed E-state index contributed by atoms with van der Waals surface area (Å²) in [6.45, 7) is 2.63. The molecule has 5 atom stereocenters. The van der Waals surface area contributed by atoms with Gasteiger partial charge in [0.25, 0.3) is 5.91 Å². The van der Waals surface area contributed by atoms with E-state index in [9.17, 15) is 18.3 Å². The smallest absolute Gasteiger partial charge is 0.304 e. The molecule has 11 heteroatoms. The number of carbonyl (C=O) groups is 1. The Kier molecular flexibility index (Phi) is 8.16. The lowest BCUT2D eigenvalue weighted by molar-refractivity contribution is 0.0455. The molecule has 1 amide bonds. The first-order chi connectivity index (χ1) is 21.2. The van der Waals surface area contributed by atoms with Gasteiger partial charge in [0, 0.05) is 48.8 Å². The van der Waals surface area contributed by atoms with E-state index in [1.165, 1.54) is 15.4 Å². The summed E-state index contributed by atoms with van der Waals surface area (Å²) < 4.78 is 42.9. The quantitative estimate of drug-likeness (QED) is 0.473. The highest BCUT2D eigenvalue weighted by molar-refractivity contribution is 7.87. The molecule has 236 valence electrons. The highest BCUT2D eigenvalue weighted by atomic mass is 35.5. The molecule has 2 aliphatic carbocycles. The van der Waals surface area contributed by atoms with Gasteiger partial charge in [-0.3, -0.25) is 4.79 Å². The molecule has 44 heavy (non-hydrogen) atoms. The van der Waals surface area contributed by atoms with Crippen molar-refractivity contribution in [1.29, 1.82) is 0 Å². The van der Waals surface area contributed by atoms with Crippen molar-refractivity contribution >= 4 is 33.4 Å². The molecule has 2 N–H and O–H groups in total. The molecular formula is C33H40ClN3O6S. The van der Waals surface area contributed by atoms with Gasteiger partial charge in [0.15, 0.2) is 0 Å². The third-order valence-corrected chi connectivity index (χ3v) is 12.0. The van der Waals surface area contributed by atoms with Crippen molar-refractivity contribution < 1.29 is 27.8 Å². The summed E-state index contributed by atoms with van der Waals surface area (Å²) in [7, 11) is -4.19. The van der Waals surface area contributed by atoms with E-state index in [-0.39, 0.29) is 42.0 Å². The zero-order valence-electron chi connectivity index (χ0n) is 24.8. The summed E-state index contributed by atoms with van der Waals surface area (Å²) in [4.78, 5) is 15.8. The van der Waals surface area contributed by atoms with Crippen LogP contribution in [0.2, 0.25) is 5.02 Å². The number of fused-ring (bicyclic) bond motifs is 4. The summed E-state index contributed by atoms with van der Waals surface area (Å²) in [5.41, 5.74) is 3.25. The van der Waals surface area contributed by atoms with E-state index in [1.807, 2.05) is 6.07 Å². The number of nitrogens with zero attached hydrogens (tertiary/aromatic N) is 2. The number of benzene rings is 2. The largest absolute Gasteiger partial charge is 0.490 e. The lowest BCUT2D eigenvalue weighted by atomic mass is 9.68. The van der Waals surface area contributed by atoms with E-state index in [0.29, 0.717) is 32.1 Å². The maximum Gasteiger partial charge on any atom is 0.304 e. The lowest BCUT2D eigenvalue weighted by Crippen LogP contribution is -2.49.